The maximum Gasteiger partial charge on any atom is 0.268 e. The Balaban J connectivity index is 0.0000143. The summed E-state index contributed by atoms with van der Waals surface area (Å²) in [6.45, 7) is -12.1. The smallest absolute Gasteiger partial charge is 0.268 e. The Labute approximate surface area is 748 Å². The van der Waals surface area contributed by atoms with E-state index in [2.05, 4.69) is 39.2 Å². The minimum absolute atomic E-state index is 0. The number of imidazole rings is 1. The molecule has 10 nitrogen and oxygen atoms in total. The fourth-order valence-corrected chi connectivity index (χ4v) is 19.7. The van der Waals surface area contributed by atoms with Crippen LogP contribution in [0.2, 0.25) is 0 Å². The monoisotopic (exact) mass is 1740 g/mol. The number of aromatic nitrogens is 9. The molecule has 0 saturated carbocycles. The van der Waals surface area contributed by atoms with Gasteiger partial charge in [-0.3, -0.25) is 13.7 Å². The van der Waals surface area contributed by atoms with Gasteiger partial charge in [0.15, 0.2) is 8.07 Å². The first kappa shape index (κ1) is 43.0. The van der Waals surface area contributed by atoms with Crippen molar-refractivity contribution in [2.75, 3.05) is 4.90 Å². The third-order valence-corrected chi connectivity index (χ3v) is 25.4. The van der Waals surface area contributed by atoms with Crippen molar-refractivity contribution in [1.29, 1.82) is 0 Å². The molecule has 1 aliphatic carbocycles. The Hall–Kier alpha value is -13.2. The van der Waals surface area contributed by atoms with Crippen molar-refractivity contribution in [2.45, 2.75) is 77.2 Å². The molecule has 0 atom stereocenters. The average molecular weight is 1740 g/mol. The van der Waals surface area contributed by atoms with Gasteiger partial charge in [-0.25, -0.2) is 4.98 Å². The first-order valence-corrected chi connectivity index (χ1v) is 39.0. The summed E-state index contributed by atoms with van der Waals surface area (Å²) >= 11 is 0. The van der Waals surface area contributed by atoms with Gasteiger partial charge in [0, 0.05) is 76.3 Å². The molecular weight excluding hydrogens is 1620 g/mol. The van der Waals surface area contributed by atoms with Gasteiger partial charge < -0.3 is 14.0 Å². The third-order valence-electron chi connectivity index (χ3n) is 21.3. The van der Waals surface area contributed by atoms with Crippen molar-refractivity contribution in [2.24, 2.45) is 0 Å². The van der Waals surface area contributed by atoms with E-state index in [0.29, 0.717) is 39.5 Å². The van der Waals surface area contributed by atoms with E-state index in [9.17, 15) is 46.6 Å². The van der Waals surface area contributed by atoms with Crippen LogP contribution >= 0.6 is 0 Å². The van der Waals surface area contributed by atoms with Gasteiger partial charge >= 0.3 is 0 Å². The molecule has 0 amide bonds. The summed E-state index contributed by atoms with van der Waals surface area (Å²) < 4.78 is 367. The van der Waals surface area contributed by atoms with E-state index in [0.717, 1.165) is 66.2 Å². The Morgan fingerprint density at radius 3 is 1.56 bits per heavy atom. The topological polar surface area (TPSA) is 78.4 Å². The quantitative estimate of drug-likeness (QED) is 0.0469. The minimum atomic E-state index is -6.58. The van der Waals surface area contributed by atoms with Crippen LogP contribution in [0.15, 0.2) is 345 Å². The fraction of sp³-hybridized carbons (Fsp3) is 0.114. The maximum atomic E-state index is 11.3. The number of hydrogen-bond donors (Lipinski definition) is 0. The van der Waals surface area contributed by atoms with E-state index in [4.69, 9.17) is 24.0 Å². The van der Waals surface area contributed by atoms with Gasteiger partial charge in [0.1, 0.15) is 5.82 Å². The van der Waals surface area contributed by atoms with Gasteiger partial charge in [0.2, 0.25) is 17.8 Å². The zero-order valence-electron chi connectivity index (χ0n) is 99.1. The van der Waals surface area contributed by atoms with Crippen LogP contribution in [0.3, 0.4) is 0 Å². The van der Waals surface area contributed by atoms with E-state index in [1.165, 1.54) is 22.8 Å². The number of fused-ring (bicyclic) bond motifs is 11. The predicted octanol–water partition coefficient (Wildman–Crippen LogP) is 22.0. The van der Waals surface area contributed by atoms with Crippen LogP contribution in [0.4, 0.5) is 17.3 Å². The molecule has 0 aliphatic heterocycles. The Bertz CT molecular complexity index is 8990. The average Bonchev–Trinajstić information content (AvgIpc) is 0.696. The number of benzene rings is 14. The van der Waals surface area contributed by atoms with Crippen LogP contribution < -0.4 is 30.2 Å². The summed E-state index contributed by atoms with van der Waals surface area (Å²) in [5, 5.41) is 0.385. The summed E-state index contributed by atoms with van der Waals surface area (Å²) in [4.78, 5) is 23.4. The molecule has 0 unspecified atom stereocenters. The SMILES string of the molecule is [2H]c1cc([Si](c2c([2H])c([2H])c([2H])c([2H])c2[2H])(c2c([2H])c([2H])c([2H])c([2H])c2[2H])c2c([2H])c([2H])c([2H])c(-c3cccc(-c4c([2H])c([2H])c5c(c4[2H])C(C([2H])([2H])[2H])(C([2H])([2H])[2H])C([2H])([2H])C([2H])([2H])C5(C([2H])([2H])[2H])C([2H])([2H])[2H])c3-[n+]3[c-]n(-c4[c-]c(N(c5[c-]c6c(cc5)c5ccccc5n6-c5cc(C(C)(C)C)ccn5)c5nc(-n6c7ccccc7c7ccccc76)nc(-n6c7ccccc7c7ccccc76)n5)ccc4)c4ccccc43)c2[2H])c([2H])c([2H])c1[2H].[Pt]. The Kier molecular flexibility index (Phi) is 10.4. The molecule has 6 heterocycles. The molecule has 117 heavy (non-hydrogen) atoms. The number of nitrogens with zero attached hydrogens (tertiary/aromatic N) is 10. The molecule has 0 N–H and O–H groups in total. The fourth-order valence-electron chi connectivity index (χ4n) is 16.0. The van der Waals surface area contributed by atoms with Crippen molar-refractivity contribution < 1.29 is 76.4 Å². The van der Waals surface area contributed by atoms with E-state index in [1.807, 2.05) is 159 Å². The molecule has 0 fully saturated rings. The van der Waals surface area contributed by atoms with Crippen molar-refractivity contribution in [3.05, 3.63) is 381 Å². The Morgan fingerprint density at radius 1 is 0.453 bits per heavy atom. The second-order valence-electron chi connectivity index (χ2n) is 29.1. The Morgan fingerprint density at radius 2 is 0.966 bits per heavy atom. The summed E-state index contributed by atoms with van der Waals surface area (Å²) in [6, 6.07) is 41.0. The van der Waals surface area contributed by atoms with Gasteiger partial charge in [-0.05, 0) is 142 Å². The molecule has 21 rings (SSSR count). The van der Waals surface area contributed by atoms with Crippen LogP contribution in [0.5, 0.6) is 0 Å². The molecule has 0 saturated heterocycles. The summed E-state index contributed by atoms with van der Waals surface area (Å²) in [5.41, 5.74) is -13.1. The second kappa shape index (κ2) is 28.4. The number of pyridine rings is 1. The van der Waals surface area contributed by atoms with Crippen LogP contribution in [0.1, 0.15) is 128 Å². The predicted molar refractivity (Wildman–Crippen MR) is 479 cm³/mol. The molecule has 1 aliphatic rings. The van der Waals surface area contributed by atoms with Gasteiger partial charge in [0.25, 0.3) is 6.33 Å². The second-order valence-corrected chi connectivity index (χ2v) is 32.7. The number of anilines is 3. The zero-order chi connectivity index (χ0) is 110. The van der Waals surface area contributed by atoms with Crippen molar-refractivity contribution in [3.8, 4) is 51.3 Å². The molecule has 0 radical (unpaired) electrons. The molecule has 0 spiro atoms. The van der Waals surface area contributed by atoms with Crippen molar-refractivity contribution >= 4 is 123 Å². The summed E-state index contributed by atoms with van der Waals surface area (Å²) in [5.74, 6) is 0.649. The zero-order valence-corrected chi connectivity index (χ0v) is 65.3. The summed E-state index contributed by atoms with van der Waals surface area (Å²) in [7, 11) is -6.58. The van der Waals surface area contributed by atoms with Gasteiger partial charge in [-0.15, -0.1) is 23.6 Å². The molecule has 12 heteroatoms. The van der Waals surface area contributed by atoms with E-state index >= 15 is 0 Å². The molecule has 6 aromatic heterocycles. The van der Waals surface area contributed by atoms with Crippen molar-refractivity contribution in [1.82, 2.24) is 38.2 Å². The standard InChI is InChI=1S/C105H82N10Si.Pt/c1-103(2,3)72-60-63-106-98(66-72)113-90-49-22-17-46-86(90)87-58-57-75(68-97(87)113)112(100-107-101(114-91-50-23-18-42-82(91)83-43-19-24-51-92(83)114)109-102(108-100)115-93-52-25-20-44-84(93)85-45-21-26-53-94(85)115)74-34-30-33-73(67-74)110-69-111(96-55-28-27-54-95(96)110)99-80(47-31-48-81(99)71-56-59-88-89(65-71)105(6,7)62-61-104(88,4)5)70-32-29-41-79(64-70)116(76-35-11-8-12-36-76,77-37-13-9-14-38-77)78-39-15-10-16-40-78;/h8-60,63-66H,61-62H2,1-7H3;/q-2;/i4D3,5D3,6D3,7D3,8D,9D,10D,11D,12D,13D,14D,15D,16D,29D,32D,35D,36D,37D,38D,39D,41D,56D,59D,61D2,62D2,64D,65D;. The summed E-state index contributed by atoms with van der Waals surface area (Å²) in [6.07, 6.45) is -4.65. The van der Waals surface area contributed by atoms with Crippen LogP contribution in [0.25, 0.3) is 128 Å². The normalized spacial score (nSPS) is 19.3. The minimum Gasteiger partial charge on any atom is -0.328 e. The molecule has 568 valence electrons. The van der Waals surface area contributed by atoms with E-state index in [-0.39, 0.29) is 72.4 Å². The van der Waals surface area contributed by atoms with Crippen LogP contribution in [-0.4, -0.2) is 46.3 Å². The first-order chi connectivity index (χ1) is 71.9. The first-order valence-electron chi connectivity index (χ1n) is 55.5. The van der Waals surface area contributed by atoms with Crippen LogP contribution in [-0.2, 0) is 37.3 Å². The van der Waals surface area contributed by atoms with E-state index in [1.54, 1.807) is 35.4 Å². The molecular formula is C105H82N10PtSi-2. The van der Waals surface area contributed by atoms with Crippen LogP contribution in [0, 0.1) is 18.5 Å². The van der Waals surface area contributed by atoms with Gasteiger partial charge in [-0.2, -0.15) is 39.2 Å². The molecule has 20 aromatic rings. The largest absolute Gasteiger partial charge is 0.328 e. The number of hydrogen-bond acceptors (Lipinski definition) is 5. The van der Waals surface area contributed by atoms with Gasteiger partial charge in [-0.1, -0.05) is 331 Å². The molecule has 0 bridgehead atoms. The van der Waals surface area contributed by atoms with Crippen molar-refractivity contribution in [3.63, 3.8) is 0 Å². The molecule has 14 aromatic carbocycles. The van der Waals surface area contributed by atoms with Gasteiger partial charge in [0.05, 0.1) is 67.6 Å². The third kappa shape index (κ3) is 11.9. The number of rotatable bonds is 14. The number of para-hydroxylation sites is 8. The maximum absolute atomic E-state index is 11.3. The van der Waals surface area contributed by atoms with E-state index < -0.39 is 246 Å².